The Kier molecular flexibility index (Phi) is 4.55. The van der Waals surface area contributed by atoms with E-state index < -0.39 is 0 Å². The number of rotatable bonds is 3. The lowest BCUT2D eigenvalue weighted by atomic mass is 9.85. The Bertz CT molecular complexity index is 182. The summed E-state index contributed by atoms with van der Waals surface area (Å²) in [5, 5.41) is 23.8. The van der Waals surface area contributed by atoms with E-state index in [9.17, 15) is 5.11 Å². The van der Waals surface area contributed by atoms with E-state index in [1.54, 1.807) is 0 Å². The lowest BCUT2D eigenvalue weighted by Gasteiger charge is -2.40. The van der Waals surface area contributed by atoms with Crippen molar-refractivity contribution in [3.63, 3.8) is 0 Å². The molecule has 0 aromatic carbocycles. The standard InChI is InChI=1S/C11H24N4O/c1-8(16)11(9-6-12-2-4-14-9)10-7-13-3-5-15-10/h8-16H,2-7H2,1H3. The van der Waals surface area contributed by atoms with E-state index in [-0.39, 0.29) is 12.0 Å². The topological polar surface area (TPSA) is 68.3 Å². The van der Waals surface area contributed by atoms with E-state index in [2.05, 4.69) is 21.3 Å². The molecule has 5 heteroatoms. The van der Waals surface area contributed by atoms with Crippen molar-refractivity contribution >= 4 is 0 Å². The maximum absolute atomic E-state index is 9.98. The molecule has 0 spiro atoms. The van der Waals surface area contributed by atoms with Gasteiger partial charge in [0.1, 0.15) is 0 Å². The molecule has 0 bridgehead atoms. The van der Waals surface area contributed by atoms with Crippen LogP contribution in [0.15, 0.2) is 0 Å². The van der Waals surface area contributed by atoms with Gasteiger partial charge in [0.05, 0.1) is 6.10 Å². The summed E-state index contributed by atoms with van der Waals surface area (Å²) in [5.74, 6) is 0.264. The van der Waals surface area contributed by atoms with Crippen molar-refractivity contribution in [2.24, 2.45) is 5.92 Å². The van der Waals surface area contributed by atoms with Gasteiger partial charge >= 0.3 is 0 Å². The molecule has 0 saturated carbocycles. The van der Waals surface area contributed by atoms with Crippen molar-refractivity contribution in [1.82, 2.24) is 21.3 Å². The summed E-state index contributed by atoms with van der Waals surface area (Å²) in [6.07, 6.45) is -0.283. The Morgan fingerprint density at radius 1 is 0.938 bits per heavy atom. The monoisotopic (exact) mass is 228 g/mol. The predicted octanol–water partition coefficient (Wildman–Crippen LogP) is -1.89. The third-order valence-corrected chi connectivity index (χ3v) is 3.63. The summed E-state index contributed by atoms with van der Waals surface area (Å²) in [4.78, 5) is 0. The molecule has 5 N–H and O–H groups in total. The van der Waals surface area contributed by atoms with Crippen LogP contribution in [0.3, 0.4) is 0 Å². The molecular weight excluding hydrogens is 204 g/mol. The Morgan fingerprint density at radius 3 is 1.75 bits per heavy atom. The molecule has 2 rings (SSSR count). The first-order valence-electron chi connectivity index (χ1n) is 6.35. The van der Waals surface area contributed by atoms with Gasteiger partial charge in [0.15, 0.2) is 0 Å². The average Bonchev–Trinajstić information content (AvgIpc) is 2.31. The third kappa shape index (κ3) is 2.93. The van der Waals surface area contributed by atoms with Gasteiger partial charge in [-0.2, -0.15) is 0 Å². The molecule has 5 nitrogen and oxygen atoms in total. The largest absolute Gasteiger partial charge is 0.393 e. The van der Waals surface area contributed by atoms with Gasteiger partial charge in [0.2, 0.25) is 0 Å². The molecule has 0 aliphatic carbocycles. The quantitative estimate of drug-likeness (QED) is 0.391. The molecule has 2 fully saturated rings. The fourth-order valence-electron chi connectivity index (χ4n) is 2.85. The minimum absolute atomic E-state index is 0.264. The van der Waals surface area contributed by atoms with Gasteiger partial charge in [0, 0.05) is 57.3 Å². The molecule has 94 valence electrons. The van der Waals surface area contributed by atoms with Crippen molar-refractivity contribution in [3.8, 4) is 0 Å². The SMILES string of the molecule is CC(O)C(C1CNCCN1)C1CNCCN1. The van der Waals surface area contributed by atoms with Crippen LogP contribution in [0.25, 0.3) is 0 Å². The number of aliphatic hydroxyl groups excluding tert-OH is 1. The van der Waals surface area contributed by atoms with Crippen LogP contribution >= 0.6 is 0 Å². The highest BCUT2D eigenvalue weighted by Gasteiger charge is 2.34. The van der Waals surface area contributed by atoms with Crippen molar-refractivity contribution < 1.29 is 5.11 Å². The van der Waals surface area contributed by atoms with Crippen LogP contribution < -0.4 is 21.3 Å². The molecule has 3 atom stereocenters. The summed E-state index contributed by atoms with van der Waals surface area (Å²) in [7, 11) is 0. The second-order valence-corrected chi connectivity index (χ2v) is 4.85. The average molecular weight is 228 g/mol. The van der Waals surface area contributed by atoms with Gasteiger partial charge in [-0.3, -0.25) is 0 Å². The van der Waals surface area contributed by atoms with E-state index in [0.29, 0.717) is 12.1 Å². The Balaban J connectivity index is 1.96. The zero-order valence-electron chi connectivity index (χ0n) is 10.00. The van der Waals surface area contributed by atoms with Gasteiger partial charge in [-0.25, -0.2) is 0 Å². The van der Waals surface area contributed by atoms with Crippen LogP contribution in [0.2, 0.25) is 0 Å². The summed E-state index contributed by atoms with van der Waals surface area (Å²) < 4.78 is 0. The lowest BCUT2D eigenvalue weighted by Crippen LogP contribution is -2.63. The normalized spacial score (nSPS) is 35.6. The highest BCUT2D eigenvalue weighted by Crippen LogP contribution is 2.16. The van der Waals surface area contributed by atoms with Crippen molar-refractivity contribution in [2.75, 3.05) is 39.3 Å². The fraction of sp³-hybridized carbons (Fsp3) is 1.00. The summed E-state index contributed by atoms with van der Waals surface area (Å²) in [5.41, 5.74) is 0. The lowest BCUT2D eigenvalue weighted by molar-refractivity contribution is 0.0650. The van der Waals surface area contributed by atoms with Crippen LogP contribution in [-0.2, 0) is 0 Å². The Morgan fingerprint density at radius 2 is 1.44 bits per heavy atom. The van der Waals surface area contributed by atoms with Crippen LogP contribution in [0.5, 0.6) is 0 Å². The van der Waals surface area contributed by atoms with Gasteiger partial charge in [0.25, 0.3) is 0 Å². The molecule has 2 aliphatic heterocycles. The van der Waals surface area contributed by atoms with Crippen molar-refractivity contribution in [3.05, 3.63) is 0 Å². The molecule has 0 amide bonds. The fourth-order valence-corrected chi connectivity index (χ4v) is 2.85. The van der Waals surface area contributed by atoms with Gasteiger partial charge < -0.3 is 26.4 Å². The number of aliphatic hydroxyl groups is 1. The van der Waals surface area contributed by atoms with E-state index in [0.717, 1.165) is 39.3 Å². The van der Waals surface area contributed by atoms with Crippen molar-refractivity contribution in [2.45, 2.75) is 25.1 Å². The van der Waals surface area contributed by atoms with Crippen LogP contribution in [0.4, 0.5) is 0 Å². The zero-order valence-corrected chi connectivity index (χ0v) is 10.00. The Labute approximate surface area is 97.4 Å². The molecule has 0 aromatic rings. The third-order valence-electron chi connectivity index (χ3n) is 3.63. The Hall–Kier alpha value is -0.200. The second-order valence-electron chi connectivity index (χ2n) is 4.85. The maximum atomic E-state index is 9.98. The molecule has 3 unspecified atom stereocenters. The molecule has 0 radical (unpaired) electrons. The van der Waals surface area contributed by atoms with Gasteiger partial charge in [-0.15, -0.1) is 0 Å². The molecule has 2 aliphatic rings. The van der Waals surface area contributed by atoms with Crippen LogP contribution in [0, 0.1) is 5.92 Å². The molecule has 2 saturated heterocycles. The first kappa shape index (κ1) is 12.3. The van der Waals surface area contributed by atoms with Crippen LogP contribution in [-0.4, -0.2) is 62.6 Å². The minimum atomic E-state index is -0.283. The molecule has 16 heavy (non-hydrogen) atoms. The van der Waals surface area contributed by atoms with E-state index >= 15 is 0 Å². The first-order chi connectivity index (χ1) is 7.79. The molecule has 0 aromatic heterocycles. The van der Waals surface area contributed by atoms with Crippen LogP contribution in [0.1, 0.15) is 6.92 Å². The van der Waals surface area contributed by atoms with Crippen molar-refractivity contribution in [1.29, 1.82) is 0 Å². The second kappa shape index (κ2) is 5.93. The van der Waals surface area contributed by atoms with Gasteiger partial charge in [-0.05, 0) is 6.92 Å². The van der Waals surface area contributed by atoms with E-state index in [1.807, 2.05) is 6.92 Å². The summed E-state index contributed by atoms with van der Waals surface area (Å²) in [6.45, 7) is 7.85. The smallest absolute Gasteiger partial charge is 0.0571 e. The highest BCUT2D eigenvalue weighted by atomic mass is 16.3. The molecular formula is C11H24N4O. The van der Waals surface area contributed by atoms with Gasteiger partial charge in [-0.1, -0.05) is 0 Å². The summed E-state index contributed by atoms with van der Waals surface area (Å²) in [6, 6.07) is 0.734. The number of hydrogen-bond acceptors (Lipinski definition) is 5. The zero-order chi connectivity index (χ0) is 11.4. The molecule has 2 heterocycles. The van der Waals surface area contributed by atoms with E-state index in [4.69, 9.17) is 0 Å². The number of nitrogens with one attached hydrogen (secondary N) is 4. The number of piperazine rings is 2. The number of hydrogen-bond donors (Lipinski definition) is 5. The minimum Gasteiger partial charge on any atom is -0.393 e. The predicted molar refractivity (Wildman–Crippen MR) is 64.5 cm³/mol. The summed E-state index contributed by atoms with van der Waals surface area (Å²) >= 11 is 0. The highest BCUT2D eigenvalue weighted by molar-refractivity contribution is 4.94. The van der Waals surface area contributed by atoms with E-state index in [1.165, 1.54) is 0 Å². The first-order valence-corrected chi connectivity index (χ1v) is 6.35. The maximum Gasteiger partial charge on any atom is 0.0571 e.